The lowest BCUT2D eigenvalue weighted by molar-refractivity contribution is 0.628. The normalized spacial score (nSPS) is 10.8. The van der Waals surface area contributed by atoms with E-state index in [1.165, 1.54) is 23.3 Å². The van der Waals surface area contributed by atoms with Gasteiger partial charge in [0.25, 0.3) is 0 Å². The standard InChI is InChI=1S/C18H17FN2/c1-13-17(12-14-6-4-3-5-7-14)18(21(2)20-13)15-8-10-16(19)11-9-15/h3-11H,12H2,1-2H3. The summed E-state index contributed by atoms with van der Waals surface area (Å²) in [5, 5.41) is 4.53. The smallest absolute Gasteiger partial charge is 0.123 e. The Balaban J connectivity index is 2.06. The molecule has 0 bridgehead atoms. The van der Waals surface area contributed by atoms with E-state index in [-0.39, 0.29) is 5.82 Å². The van der Waals surface area contributed by atoms with Crippen molar-refractivity contribution >= 4 is 0 Å². The summed E-state index contributed by atoms with van der Waals surface area (Å²) in [4.78, 5) is 0. The van der Waals surface area contributed by atoms with Crippen LogP contribution in [0.3, 0.4) is 0 Å². The first-order valence-electron chi connectivity index (χ1n) is 6.97. The summed E-state index contributed by atoms with van der Waals surface area (Å²) in [6.07, 6.45) is 0.827. The summed E-state index contributed by atoms with van der Waals surface area (Å²) >= 11 is 0. The van der Waals surface area contributed by atoms with Crippen LogP contribution >= 0.6 is 0 Å². The van der Waals surface area contributed by atoms with Crippen LogP contribution in [0.5, 0.6) is 0 Å². The first-order chi connectivity index (χ1) is 10.1. The van der Waals surface area contributed by atoms with Crippen LogP contribution in [0, 0.1) is 12.7 Å². The Morgan fingerprint density at radius 2 is 1.67 bits per heavy atom. The molecule has 3 heteroatoms. The van der Waals surface area contributed by atoms with E-state index in [0.29, 0.717) is 0 Å². The molecule has 0 unspecified atom stereocenters. The van der Waals surface area contributed by atoms with Crippen molar-refractivity contribution in [1.29, 1.82) is 0 Å². The highest BCUT2D eigenvalue weighted by Crippen LogP contribution is 2.28. The van der Waals surface area contributed by atoms with Crippen molar-refractivity contribution in [1.82, 2.24) is 9.78 Å². The van der Waals surface area contributed by atoms with E-state index in [1.807, 2.05) is 36.9 Å². The lowest BCUT2D eigenvalue weighted by atomic mass is 9.99. The van der Waals surface area contributed by atoms with Gasteiger partial charge in [-0.1, -0.05) is 30.3 Å². The Labute approximate surface area is 123 Å². The third kappa shape index (κ3) is 2.72. The van der Waals surface area contributed by atoms with E-state index in [9.17, 15) is 4.39 Å². The number of hydrogen-bond donors (Lipinski definition) is 0. The first kappa shape index (κ1) is 13.6. The van der Waals surface area contributed by atoms with Crippen molar-refractivity contribution in [3.63, 3.8) is 0 Å². The average molecular weight is 280 g/mol. The van der Waals surface area contributed by atoms with E-state index in [0.717, 1.165) is 23.4 Å². The molecule has 0 aliphatic heterocycles. The maximum absolute atomic E-state index is 13.1. The van der Waals surface area contributed by atoms with Crippen molar-refractivity contribution in [2.24, 2.45) is 7.05 Å². The van der Waals surface area contributed by atoms with Gasteiger partial charge >= 0.3 is 0 Å². The summed E-state index contributed by atoms with van der Waals surface area (Å²) in [6.45, 7) is 2.02. The molecule has 0 N–H and O–H groups in total. The van der Waals surface area contributed by atoms with E-state index < -0.39 is 0 Å². The van der Waals surface area contributed by atoms with Crippen molar-refractivity contribution in [2.45, 2.75) is 13.3 Å². The molecule has 0 saturated carbocycles. The fourth-order valence-corrected chi connectivity index (χ4v) is 2.68. The molecular weight excluding hydrogens is 263 g/mol. The Morgan fingerprint density at radius 1 is 1.00 bits per heavy atom. The van der Waals surface area contributed by atoms with Gasteiger partial charge in [0.05, 0.1) is 11.4 Å². The van der Waals surface area contributed by atoms with Crippen LogP contribution in [0.15, 0.2) is 54.6 Å². The van der Waals surface area contributed by atoms with Gasteiger partial charge in [-0.25, -0.2) is 4.39 Å². The lowest BCUT2D eigenvalue weighted by Gasteiger charge is -2.07. The molecule has 0 saturated heterocycles. The van der Waals surface area contributed by atoms with Gasteiger partial charge in [0.15, 0.2) is 0 Å². The van der Waals surface area contributed by atoms with Crippen LogP contribution < -0.4 is 0 Å². The number of benzene rings is 2. The Hall–Kier alpha value is -2.42. The summed E-state index contributed by atoms with van der Waals surface area (Å²) in [5.41, 5.74) is 5.50. The van der Waals surface area contributed by atoms with Crippen LogP contribution in [0.25, 0.3) is 11.3 Å². The van der Waals surface area contributed by atoms with Crippen molar-refractivity contribution in [3.8, 4) is 11.3 Å². The zero-order valence-corrected chi connectivity index (χ0v) is 12.2. The molecule has 106 valence electrons. The van der Waals surface area contributed by atoms with Crippen LogP contribution in [0.2, 0.25) is 0 Å². The van der Waals surface area contributed by atoms with E-state index in [1.54, 1.807) is 12.1 Å². The summed E-state index contributed by atoms with van der Waals surface area (Å²) in [5.74, 6) is -0.220. The van der Waals surface area contributed by atoms with E-state index in [4.69, 9.17) is 0 Å². The number of halogens is 1. The molecule has 0 aliphatic rings. The monoisotopic (exact) mass is 280 g/mol. The molecule has 0 fully saturated rings. The van der Waals surface area contributed by atoms with Crippen LogP contribution in [0.1, 0.15) is 16.8 Å². The second kappa shape index (κ2) is 5.52. The quantitative estimate of drug-likeness (QED) is 0.705. The van der Waals surface area contributed by atoms with E-state index in [2.05, 4.69) is 17.2 Å². The third-order valence-corrected chi connectivity index (χ3v) is 3.69. The lowest BCUT2D eigenvalue weighted by Crippen LogP contribution is -1.96. The summed E-state index contributed by atoms with van der Waals surface area (Å²) in [7, 11) is 1.93. The minimum absolute atomic E-state index is 0.220. The predicted molar refractivity (Wildman–Crippen MR) is 82.6 cm³/mol. The van der Waals surface area contributed by atoms with Gasteiger partial charge in [0.2, 0.25) is 0 Å². The largest absolute Gasteiger partial charge is 0.267 e. The zero-order valence-electron chi connectivity index (χ0n) is 12.2. The van der Waals surface area contributed by atoms with Crippen molar-refractivity contribution in [3.05, 3.63) is 77.2 Å². The van der Waals surface area contributed by atoms with Gasteiger partial charge in [-0.05, 0) is 36.8 Å². The molecule has 0 radical (unpaired) electrons. The summed E-state index contributed by atoms with van der Waals surface area (Å²) < 4.78 is 15.0. The second-order valence-corrected chi connectivity index (χ2v) is 5.21. The molecule has 2 aromatic carbocycles. The molecular formula is C18H17FN2. The number of rotatable bonds is 3. The van der Waals surface area contributed by atoms with Crippen LogP contribution in [-0.2, 0) is 13.5 Å². The number of aryl methyl sites for hydroxylation is 2. The van der Waals surface area contributed by atoms with Gasteiger partial charge < -0.3 is 0 Å². The predicted octanol–water partition coefficient (Wildman–Crippen LogP) is 4.13. The average Bonchev–Trinajstić information content (AvgIpc) is 2.76. The molecule has 3 aromatic rings. The second-order valence-electron chi connectivity index (χ2n) is 5.21. The first-order valence-corrected chi connectivity index (χ1v) is 6.97. The summed E-state index contributed by atoms with van der Waals surface area (Å²) in [6, 6.07) is 16.9. The van der Waals surface area contributed by atoms with Crippen molar-refractivity contribution < 1.29 is 4.39 Å². The zero-order chi connectivity index (χ0) is 14.8. The fourth-order valence-electron chi connectivity index (χ4n) is 2.68. The molecule has 0 atom stereocenters. The van der Waals surface area contributed by atoms with Crippen molar-refractivity contribution in [2.75, 3.05) is 0 Å². The molecule has 0 aliphatic carbocycles. The maximum atomic E-state index is 13.1. The fraction of sp³-hybridized carbons (Fsp3) is 0.167. The number of aromatic nitrogens is 2. The van der Waals surface area contributed by atoms with E-state index >= 15 is 0 Å². The minimum Gasteiger partial charge on any atom is -0.267 e. The Morgan fingerprint density at radius 3 is 2.33 bits per heavy atom. The minimum atomic E-state index is -0.220. The van der Waals surface area contributed by atoms with Gasteiger partial charge in [-0.15, -0.1) is 0 Å². The van der Waals surface area contributed by atoms with Crippen LogP contribution in [0.4, 0.5) is 4.39 Å². The maximum Gasteiger partial charge on any atom is 0.123 e. The molecule has 1 heterocycles. The molecule has 1 aromatic heterocycles. The highest BCUT2D eigenvalue weighted by molar-refractivity contribution is 5.65. The third-order valence-electron chi connectivity index (χ3n) is 3.69. The number of nitrogens with zero attached hydrogens (tertiary/aromatic N) is 2. The van der Waals surface area contributed by atoms with Gasteiger partial charge in [0.1, 0.15) is 5.82 Å². The Bertz CT molecular complexity index is 743. The Kier molecular flexibility index (Phi) is 3.57. The molecule has 2 nitrogen and oxygen atoms in total. The van der Waals surface area contributed by atoms with Crippen LogP contribution in [-0.4, -0.2) is 9.78 Å². The SMILES string of the molecule is Cc1nn(C)c(-c2ccc(F)cc2)c1Cc1ccccc1. The molecule has 21 heavy (non-hydrogen) atoms. The highest BCUT2D eigenvalue weighted by Gasteiger charge is 2.15. The topological polar surface area (TPSA) is 17.8 Å². The van der Waals surface area contributed by atoms with Gasteiger partial charge in [-0.3, -0.25) is 4.68 Å². The van der Waals surface area contributed by atoms with Gasteiger partial charge in [0, 0.05) is 24.6 Å². The number of hydrogen-bond acceptors (Lipinski definition) is 1. The highest BCUT2D eigenvalue weighted by atomic mass is 19.1. The van der Waals surface area contributed by atoms with Gasteiger partial charge in [-0.2, -0.15) is 5.10 Å². The molecule has 0 amide bonds. The molecule has 0 spiro atoms. The molecule has 3 rings (SSSR count).